The minimum atomic E-state index is 0. The standard InChI is InChI=1S/C17H28O.2H2/c1-3-13-18-17-11-9-16(10-12-17)15-7-5-14(4-2)6-8-15;;/h14-17H,4-12H2,1-2H3;2*1H. The molecule has 0 aromatic carbocycles. The van der Waals surface area contributed by atoms with Crippen LogP contribution >= 0.6 is 0 Å². The Bertz CT molecular complexity index is 292. The van der Waals surface area contributed by atoms with Crippen LogP contribution in [0.25, 0.3) is 0 Å². The molecule has 0 aliphatic heterocycles. The van der Waals surface area contributed by atoms with Crippen molar-refractivity contribution in [3.63, 3.8) is 0 Å². The Hall–Kier alpha value is -0.640. The quantitative estimate of drug-likeness (QED) is 0.623. The van der Waals surface area contributed by atoms with Gasteiger partial charge in [-0.25, -0.2) is 0 Å². The van der Waals surface area contributed by atoms with Gasteiger partial charge in [0.1, 0.15) is 12.2 Å². The summed E-state index contributed by atoms with van der Waals surface area (Å²) in [5.74, 6) is 5.86. The van der Waals surface area contributed by atoms with E-state index >= 15 is 0 Å². The maximum absolute atomic E-state index is 5.54. The van der Waals surface area contributed by atoms with E-state index in [1.807, 2.05) is 6.92 Å². The molecule has 0 bridgehead atoms. The molecular weight excluding hydrogens is 220 g/mol. The summed E-state index contributed by atoms with van der Waals surface area (Å²) in [6.45, 7) is 4.19. The highest BCUT2D eigenvalue weighted by Gasteiger charge is 2.30. The molecule has 2 aliphatic rings. The third kappa shape index (κ3) is 3.67. The van der Waals surface area contributed by atoms with Gasteiger partial charge in [0, 0.05) is 9.78 Å². The predicted octanol–water partition coefficient (Wildman–Crippen LogP) is 5.25. The summed E-state index contributed by atoms with van der Waals surface area (Å²) in [7, 11) is 0. The lowest BCUT2D eigenvalue weighted by atomic mass is 9.70. The highest BCUT2D eigenvalue weighted by atomic mass is 16.5. The summed E-state index contributed by atoms with van der Waals surface area (Å²) < 4.78 is 5.54. The smallest absolute Gasteiger partial charge is 0.111 e. The predicted molar refractivity (Wildman–Crippen MR) is 80.2 cm³/mol. The van der Waals surface area contributed by atoms with Crippen LogP contribution in [0.4, 0.5) is 0 Å². The molecule has 1 heteroatoms. The Balaban J connectivity index is 0.00000180. The summed E-state index contributed by atoms with van der Waals surface area (Å²) in [6.07, 6.45) is 15.7. The van der Waals surface area contributed by atoms with Crippen molar-refractivity contribution in [2.75, 3.05) is 0 Å². The molecule has 0 N–H and O–H groups in total. The molecule has 2 fully saturated rings. The summed E-state index contributed by atoms with van der Waals surface area (Å²) >= 11 is 0. The second-order valence-corrected chi connectivity index (χ2v) is 6.20. The van der Waals surface area contributed by atoms with Crippen LogP contribution in [-0.4, -0.2) is 6.10 Å². The fourth-order valence-corrected chi connectivity index (χ4v) is 3.89. The van der Waals surface area contributed by atoms with Crippen LogP contribution in [0.2, 0.25) is 0 Å². The Labute approximate surface area is 116 Å². The molecule has 2 rings (SSSR count). The third-order valence-corrected chi connectivity index (χ3v) is 5.18. The second kappa shape index (κ2) is 7.07. The zero-order valence-corrected chi connectivity index (χ0v) is 12.1. The lowest BCUT2D eigenvalue weighted by molar-refractivity contribution is 0.0745. The van der Waals surface area contributed by atoms with E-state index in [4.69, 9.17) is 4.74 Å². The topological polar surface area (TPSA) is 9.23 Å². The average Bonchev–Trinajstić information content (AvgIpc) is 2.46. The molecule has 0 spiro atoms. The first-order valence-corrected chi connectivity index (χ1v) is 7.90. The monoisotopic (exact) mass is 252 g/mol. The van der Waals surface area contributed by atoms with Crippen LogP contribution in [-0.2, 0) is 4.74 Å². The van der Waals surface area contributed by atoms with Gasteiger partial charge in [-0.3, -0.25) is 0 Å². The Kier molecular flexibility index (Phi) is 5.42. The van der Waals surface area contributed by atoms with Crippen LogP contribution in [0.3, 0.4) is 0 Å². The highest BCUT2D eigenvalue weighted by molar-refractivity contribution is 4.88. The van der Waals surface area contributed by atoms with Crippen molar-refractivity contribution < 1.29 is 7.59 Å². The first kappa shape index (κ1) is 13.8. The summed E-state index contributed by atoms with van der Waals surface area (Å²) in [6, 6.07) is 0. The van der Waals surface area contributed by atoms with Crippen molar-refractivity contribution in [3.05, 3.63) is 0 Å². The van der Waals surface area contributed by atoms with Crippen LogP contribution in [0.15, 0.2) is 0 Å². The minimum Gasteiger partial charge on any atom is -0.443 e. The van der Waals surface area contributed by atoms with Gasteiger partial charge in [-0.15, -0.1) is 0 Å². The zero-order chi connectivity index (χ0) is 12.8. The van der Waals surface area contributed by atoms with Crippen LogP contribution in [0.1, 0.15) is 74.5 Å². The third-order valence-electron chi connectivity index (χ3n) is 5.18. The first-order chi connectivity index (χ1) is 8.83. The molecule has 0 amide bonds. The minimum absolute atomic E-state index is 0. The number of hydrogen-bond donors (Lipinski definition) is 0. The number of ether oxygens (including phenoxy) is 1. The molecular formula is C17H32O. The first-order valence-electron chi connectivity index (χ1n) is 7.90. The van der Waals surface area contributed by atoms with Gasteiger partial charge in [-0.2, -0.15) is 0 Å². The lowest BCUT2D eigenvalue weighted by Gasteiger charge is -2.37. The molecule has 0 unspecified atom stereocenters. The zero-order valence-electron chi connectivity index (χ0n) is 12.1. The van der Waals surface area contributed by atoms with E-state index in [9.17, 15) is 0 Å². The Morgan fingerprint density at radius 1 is 0.944 bits per heavy atom. The fraction of sp³-hybridized carbons (Fsp3) is 0.882. The number of hydrogen-bond acceptors (Lipinski definition) is 1. The normalized spacial score (nSPS) is 36.6. The molecule has 0 saturated heterocycles. The van der Waals surface area contributed by atoms with E-state index in [0.717, 1.165) is 17.8 Å². The lowest BCUT2D eigenvalue weighted by Crippen LogP contribution is -2.28. The van der Waals surface area contributed by atoms with E-state index in [1.165, 1.54) is 57.8 Å². The molecule has 2 saturated carbocycles. The van der Waals surface area contributed by atoms with Gasteiger partial charge < -0.3 is 4.74 Å². The van der Waals surface area contributed by atoms with Crippen LogP contribution in [0.5, 0.6) is 0 Å². The van der Waals surface area contributed by atoms with Crippen molar-refractivity contribution >= 4 is 0 Å². The van der Waals surface area contributed by atoms with Crippen molar-refractivity contribution in [2.24, 2.45) is 17.8 Å². The van der Waals surface area contributed by atoms with Crippen LogP contribution < -0.4 is 0 Å². The molecule has 1 nitrogen and oxygen atoms in total. The second-order valence-electron chi connectivity index (χ2n) is 6.20. The highest BCUT2D eigenvalue weighted by Crippen LogP contribution is 2.40. The molecule has 0 heterocycles. The van der Waals surface area contributed by atoms with Gasteiger partial charge in [0.05, 0.1) is 0 Å². The Morgan fingerprint density at radius 2 is 1.50 bits per heavy atom. The van der Waals surface area contributed by atoms with E-state index in [2.05, 4.69) is 19.0 Å². The maximum Gasteiger partial charge on any atom is 0.111 e. The molecule has 0 aromatic rings. The van der Waals surface area contributed by atoms with E-state index in [1.54, 1.807) is 0 Å². The van der Waals surface area contributed by atoms with Crippen molar-refractivity contribution in [1.82, 2.24) is 0 Å². The summed E-state index contributed by atoms with van der Waals surface area (Å²) in [5.41, 5.74) is 0. The molecule has 0 aromatic heterocycles. The van der Waals surface area contributed by atoms with Crippen molar-refractivity contribution in [1.29, 1.82) is 0 Å². The SMILES string of the molecule is CC#COC1CCC(C2CCC(CC)CC2)CC1.[HH].[HH]. The molecule has 0 atom stereocenters. The molecule has 0 radical (unpaired) electrons. The number of rotatable bonds is 3. The van der Waals surface area contributed by atoms with Crippen molar-refractivity contribution in [3.8, 4) is 12.0 Å². The fourth-order valence-electron chi connectivity index (χ4n) is 3.89. The van der Waals surface area contributed by atoms with Gasteiger partial charge in [0.2, 0.25) is 0 Å². The van der Waals surface area contributed by atoms with E-state index < -0.39 is 0 Å². The van der Waals surface area contributed by atoms with E-state index in [0.29, 0.717) is 6.10 Å². The maximum atomic E-state index is 5.54. The average molecular weight is 252 g/mol. The Morgan fingerprint density at radius 3 is 2.00 bits per heavy atom. The molecule has 106 valence electrons. The molecule has 18 heavy (non-hydrogen) atoms. The summed E-state index contributed by atoms with van der Waals surface area (Å²) in [4.78, 5) is 0. The largest absolute Gasteiger partial charge is 0.443 e. The van der Waals surface area contributed by atoms with Gasteiger partial charge in [0.25, 0.3) is 0 Å². The van der Waals surface area contributed by atoms with Gasteiger partial charge >= 0.3 is 0 Å². The van der Waals surface area contributed by atoms with Gasteiger partial charge in [-0.05, 0) is 56.3 Å². The van der Waals surface area contributed by atoms with E-state index in [-0.39, 0.29) is 2.85 Å². The van der Waals surface area contributed by atoms with Crippen molar-refractivity contribution in [2.45, 2.75) is 77.7 Å². The van der Waals surface area contributed by atoms with Gasteiger partial charge in [0.15, 0.2) is 0 Å². The van der Waals surface area contributed by atoms with Crippen LogP contribution in [0, 0.1) is 29.8 Å². The summed E-state index contributed by atoms with van der Waals surface area (Å²) in [5, 5.41) is 0. The molecule has 2 aliphatic carbocycles. The van der Waals surface area contributed by atoms with Gasteiger partial charge in [-0.1, -0.05) is 32.1 Å².